The van der Waals surface area contributed by atoms with Crippen molar-refractivity contribution < 1.29 is 4.74 Å². The third-order valence-electron chi connectivity index (χ3n) is 3.12. The minimum absolute atomic E-state index is 0.178. The summed E-state index contributed by atoms with van der Waals surface area (Å²) in [5.74, 6) is 0.677. The molecule has 0 amide bonds. The topological polar surface area (TPSA) is 21.3 Å². The summed E-state index contributed by atoms with van der Waals surface area (Å²) in [6.07, 6.45) is 3.83. The van der Waals surface area contributed by atoms with Gasteiger partial charge in [-0.3, -0.25) is 0 Å². The lowest BCUT2D eigenvalue weighted by Gasteiger charge is -2.20. The molecular formula is C17H29NO. The highest BCUT2D eigenvalue weighted by Gasteiger charge is 2.11. The zero-order chi connectivity index (χ0) is 13.9. The van der Waals surface area contributed by atoms with Gasteiger partial charge in [0, 0.05) is 13.2 Å². The van der Waals surface area contributed by atoms with Gasteiger partial charge in [0.2, 0.25) is 0 Å². The Hall–Kier alpha value is -0.860. The van der Waals surface area contributed by atoms with Gasteiger partial charge < -0.3 is 10.1 Å². The van der Waals surface area contributed by atoms with Crippen LogP contribution in [0.5, 0.6) is 0 Å². The van der Waals surface area contributed by atoms with Gasteiger partial charge in [-0.15, -0.1) is 0 Å². The Morgan fingerprint density at radius 2 is 1.79 bits per heavy atom. The molecule has 0 aliphatic rings. The lowest BCUT2D eigenvalue weighted by atomic mass is 10.1. The molecule has 0 aliphatic heterocycles. The highest BCUT2D eigenvalue weighted by atomic mass is 16.5. The van der Waals surface area contributed by atoms with Crippen LogP contribution >= 0.6 is 0 Å². The molecule has 0 aliphatic carbocycles. The number of hydrogen-bond donors (Lipinski definition) is 1. The van der Waals surface area contributed by atoms with E-state index in [0.29, 0.717) is 5.92 Å². The molecule has 0 bridgehead atoms. The molecule has 0 fully saturated rings. The molecule has 2 heteroatoms. The predicted molar refractivity (Wildman–Crippen MR) is 82.4 cm³/mol. The van der Waals surface area contributed by atoms with Gasteiger partial charge in [0.1, 0.15) is 0 Å². The van der Waals surface area contributed by atoms with Crippen molar-refractivity contribution in [3.63, 3.8) is 0 Å². The van der Waals surface area contributed by atoms with Gasteiger partial charge in [-0.2, -0.15) is 0 Å². The molecule has 0 radical (unpaired) electrons. The molecule has 0 spiro atoms. The zero-order valence-electron chi connectivity index (χ0n) is 12.7. The van der Waals surface area contributed by atoms with Crippen LogP contribution < -0.4 is 5.32 Å². The lowest BCUT2D eigenvalue weighted by Crippen LogP contribution is -2.27. The number of ether oxygens (including phenoxy) is 1. The standard InChI is InChI=1S/C17H29NO/c1-4-5-9-12-19-17(14-18-13-15(2)3)16-10-7-6-8-11-16/h6-8,10-11,15,17-18H,4-5,9,12-14H2,1-3H3. The molecule has 1 aromatic rings. The molecule has 0 aromatic heterocycles. The molecule has 1 aromatic carbocycles. The van der Waals surface area contributed by atoms with Crippen molar-refractivity contribution in [3.8, 4) is 0 Å². The molecule has 0 saturated heterocycles. The van der Waals surface area contributed by atoms with Crippen molar-refractivity contribution in [2.24, 2.45) is 5.92 Å². The quantitative estimate of drug-likeness (QED) is 0.639. The molecule has 1 rings (SSSR count). The fourth-order valence-corrected chi connectivity index (χ4v) is 2.02. The molecule has 0 saturated carbocycles. The maximum atomic E-state index is 6.05. The van der Waals surface area contributed by atoms with E-state index < -0.39 is 0 Å². The van der Waals surface area contributed by atoms with Crippen LogP contribution in [0.15, 0.2) is 30.3 Å². The van der Waals surface area contributed by atoms with Gasteiger partial charge in [-0.25, -0.2) is 0 Å². The molecule has 1 unspecified atom stereocenters. The minimum atomic E-state index is 0.178. The fourth-order valence-electron chi connectivity index (χ4n) is 2.02. The summed E-state index contributed by atoms with van der Waals surface area (Å²) >= 11 is 0. The summed E-state index contributed by atoms with van der Waals surface area (Å²) in [5, 5.41) is 3.50. The van der Waals surface area contributed by atoms with Gasteiger partial charge >= 0.3 is 0 Å². The third-order valence-corrected chi connectivity index (χ3v) is 3.12. The average molecular weight is 263 g/mol. The maximum Gasteiger partial charge on any atom is 0.0949 e. The van der Waals surface area contributed by atoms with E-state index >= 15 is 0 Å². The molecule has 1 N–H and O–H groups in total. The number of benzene rings is 1. The number of hydrogen-bond acceptors (Lipinski definition) is 2. The van der Waals surface area contributed by atoms with E-state index in [4.69, 9.17) is 4.74 Å². The highest BCUT2D eigenvalue weighted by Crippen LogP contribution is 2.17. The monoisotopic (exact) mass is 263 g/mol. The second kappa shape index (κ2) is 9.99. The summed E-state index contributed by atoms with van der Waals surface area (Å²) < 4.78 is 6.05. The van der Waals surface area contributed by atoms with Crippen LogP contribution in [-0.2, 0) is 4.74 Å². The summed E-state index contributed by atoms with van der Waals surface area (Å²) in [4.78, 5) is 0. The summed E-state index contributed by atoms with van der Waals surface area (Å²) in [7, 11) is 0. The van der Waals surface area contributed by atoms with Gasteiger partial charge in [-0.05, 0) is 24.4 Å². The Morgan fingerprint density at radius 1 is 1.05 bits per heavy atom. The minimum Gasteiger partial charge on any atom is -0.372 e. The molecule has 2 nitrogen and oxygen atoms in total. The number of nitrogens with one attached hydrogen (secondary N) is 1. The average Bonchev–Trinajstić information content (AvgIpc) is 2.42. The molecule has 0 heterocycles. The van der Waals surface area contributed by atoms with E-state index in [0.717, 1.165) is 26.1 Å². The summed E-state index contributed by atoms with van der Waals surface area (Å²) in [6, 6.07) is 10.5. The van der Waals surface area contributed by atoms with Crippen molar-refractivity contribution in [2.45, 2.75) is 46.1 Å². The molecule has 108 valence electrons. The molecular weight excluding hydrogens is 234 g/mol. The Kier molecular flexibility index (Phi) is 8.52. The van der Waals surface area contributed by atoms with Crippen LogP contribution in [-0.4, -0.2) is 19.7 Å². The summed E-state index contributed by atoms with van der Waals surface area (Å²) in [5.41, 5.74) is 1.27. The molecule has 19 heavy (non-hydrogen) atoms. The van der Waals surface area contributed by atoms with E-state index in [1.54, 1.807) is 0 Å². The SMILES string of the molecule is CCCCCOC(CNCC(C)C)c1ccccc1. The molecule has 1 atom stereocenters. The number of unbranched alkanes of at least 4 members (excludes halogenated alkanes) is 2. The number of rotatable bonds is 10. The largest absolute Gasteiger partial charge is 0.372 e. The van der Waals surface area contributed by atoms with Crippen molar-refractivity contribution in [3.05, 3.63) is 35.9 Å². The first kappa shape index (κ1) is 16.2. The first-order valence-electron chi connectivity index (χ1n) is 7.61. The van der Waals surface area contributed by atoms with E-state index in [9.17, 15) is 0 Å². The third kappa shape index (κ3) is 7.34. The Bertz CT molecular complexity index is 310. The van der Waals surface area contributed by atoms with Crippen molar-refractivity contribution in [1.29, 1.82) is 0 Å². The Labute approximate surface area is 118 Å². The van der Waals surface area contributed by atoms with Gasteiger partial charge in [0.25, 0.3) is 0 Å². The van der Waals surface area contributed by atoms with E-state index in [2.05, 4.69) is 56.4 Å². The zero-order valence-corrected chi connectivity index (χ0v) is 12.7. The van der Waals surface area contributed by atoms with E-state index in [1.807, 2.05) is 0 Å². The smallest absolute Gasteiger partial charge is 0.0949 e. The van der Waals surface area contributed by atoms with Crippen LogP contribution in [0, 0.1) is 5.92 Å². The van der Waals surface area contributed by atoms with Crippen LogP contribution in [0.4, 0.5) is 0 Å². The predicted octanol–water partition coefficient (Wildman–Crippen LogP) is 4.18. The van der Waals surface area contributed by atoms with E-state index in [1.165, 1.54) is 18.4 Å². The van der Waals surface area contributed by atoms with Gasteiger partial charge in [0.05, 0.1) is 6.10 Å². The first-order valence-corrected chi connectivity index (χ1v) is 7.61. The Balaban J connectivity index is 2.43. The van der Waals surface area contributed by atoms with Gasteiger partial charge in [-0.1, -0.05) is 63.9 Å². The first-order chi connectivity index (χ1) is 9.24. The van der Waals surface area contributed by atoms with Crippen molar-refractivity contribution in [1.82, 2.24) is 5.32 Å². The van der Waals surface area contributed by atoms with Crippen molar-refractivity contribution in [2.75, 3.05) is 19.7 Å². The van der Waals surface area contributed by atoms with Crippen LogP contribution in [0.2, 0.25) is 0 Å². The second-order valence-electron chi connectivity index (χ2n) is 5.53. The van der Waals surface area contributed by atoms with Crippen LogP contribution in [0.25, 0.3) is 0 Å². The summed E-state index contributed by atoms with van der Waals surface area (Å²) in [6.45, 7) is 9.48. The van der Waals surface area contributed by atoms with Crippen LogP contribution in [0.3, 0.4) is 0 Å². The highest BCUT2D eigenvalue weighted by molar-refractivity contribution is 5.17. The Morgan fingerprint density at radius 3 is 2.42 bits per heavy atom. The maximum absolute atomic E-state index is 6.05. The normalized spacial score (nSPS) is 12.8. The van der Waals surface area contributed by atoms with Crippen LogP contribution in [0.1, 0.15) is 51.7 Å². The second-order valence-corrected chi connectivity index (χ2v) is 5.53. The fraction of sp³-hybridized carbons (Fsp3) is 0.647. The lowest BCUT2D eigenvalue weighted by molar-refractivity contribution is 0.0496. The van der Waals surface area contributed by atoms with E-state index in [-0.39, 0.29) is 6.10 Å². The van der Waals surface area contributed by atoms with Gasteiger partial charge in [0.15, 0.2) is 0 Å². The van der Waals surface area contributed by atoms with Crippen molar-refractivity contribution >= 4 is 0 Å².